The smallest absolute Gasteiger partial charge is 0.153 e. The molecule has 6 nitrogen and oxygen atoms in total. The van der Waals surface area contributed by atoms with Crippen molar-refractivity contribution in [3.05, 3.63) is 18.0 Å². The van der Waals surface area contributed by atoms with Crippen molar-refractivity contribution in [2.24, 2.45) is 17.9 Å². The van der Waals surface area contributed by atoms with Gasteiger partial charge in [0.05, 0.1) is 12.2 Å². The largest absolute Gasteiger partial charge is 0.409 e. The van der Waals surface area contributed by atoms with Gasteiger partial charge in [-0.3, -0.25) is 9.58 Å². The van der Waals surface area contributed by atoms with Gasteiger partial charge in [0, 0.05) is 25.7 Å². The van der Waals surface area contributed by atoms with Gasteiger partial charge in [0.25, 0.3) is 0 Å². The Morgan fingerprint density at radius 2 is 2.53 bits per heavy atom. The van der Waals surface area contributed by atoms with Crippen molar-refractivity contribution in [2.75, 3.05) is 19.6 Å². The van der Waals surface area contributed by atoms with Crippen LogP contribution < -0.4 is 5.73 Å². The van der Waals surface area contributed by atoms with Crippen molar-refractivity contribution < 1.29 is 5.21 Å². The van der Waals surface area contributed by atoms with Gasteiger partial charge in [0.15, 0.2) is 5.84 Å². The van der Waals surface area contributed by atoms with E-state index in [0.29, 0.717) is 12.5 Å². The zero-order valence-corrected chi connectivity index (χ0v) is 10.1. The maximum Gasteiger partial charge on any atom is 0.153 e. The lowest BCUT2D eigenvalue weighted by Gasteiger charge is -2.31. The summed E-state index contributed by atoms with van der Waals surface area (Å²) < 4.78 is 1.83. The van der Waals surface area contributed by atoms with Gasteiger partial charge in [-0.15, -0.1) is 0 Å². The molecule has 1 unspecified atom stereocenters. The van der Waals surface area contributed by atoms with Crippen LogP contribution in [0, 0.1) is 0 Å². The number of rotatable bonds is 3. The molecule has 1 aromatic heterocycles. The van der Waals surface area contributed by atoms with Gasteiger partial charge >= 0.3 is 0 Å². The predicted molar refractivity (Wildman–Crippen MR) is 65.0 cm³/mol. The van der Waals surface area contributed by atoms with Crippen molar-refractivity contribution in [3.8, 4) is 0 Å². The Balaban J connectivity index is 1.97. The highest BCUT2D eigenvalue weighted by Gasteiger charge is 2.23. The van der Waals surface area contributed by atoms with Gasteiger partial charge in [-0.05, 0) is 25.5 Å². The Morgan fingerprint density at radius 1 is 1.71 bits per heavy atom. The van der Waals surface area contributed by atoms with Crippen LogP contribution in [-0.4, -0.2) is 45.4 Å². The van der Waals surface area contributed by atoms with Gasteiger partial charge in [0.2, 0.25) is 0 Å². The molecule has 1 aliphatic heterocycles. The summed E-state index contributed by atoms with van der Waals surface area (Å²) in [6.45, 7) is 2.45. The molecule has 1 saturated heterocycles. The van der Waals surface area contributed by atoms with Crippen molar-refractivity contribution in [1.29, 1.82) is 0 Å². The molecule has 6 heteroatoms. The molecule has 0 spiro atoms. The fraction of sp³-hybridized carbons (Fsp3) is 0.636. The van der Waals surface area contributed by atoms with E-state index in [1.807, 2.05) is 17.9 Å². The first-order chi connectivity index (χ1) is 8.19. The van der Waals surface area contributed by atoms with Crippen molar-refractivity contribution >= 4 is 5.84 Å². The molecule has 0 radical (unpaired) electrons. The SMILES string of the molecule is Cn1ccc(C2CCCN(C/C(N)=N/O)C2)n1. The Morgan fingerprint density at radius 3 is 3.18 bits per heavy atom. The molecule has 1 aliphatic rings. The van der Waals surface area contributed by atoms with Gasteiger partial charge in [-0.25, -0.2) is 0 Å². The molecule has 2 heterocycles. The molecular formula is C11H19N5O. The van der Waals surface area contributed by atoms with Crippen LogP contribution in [-0.2, 0) is 7.05 Å². The van der Waals surface area contributed by atoms with E-state index in [4.69, 9.17) is 10.9 Å². The van der Waals surface area contributed by atoms with Crippen LogP contribution in [0.25, 0.3) is 0 Å². The monoisotopic (exact) mass is 237 g/mol. The van der Waals surface area contributed by atoms with E-state index in [2.05, 4.69) is 21.2 Å². The van der Waals surface area contributed by atoms with E-state index in [1.54, 1.807) is 0 Å². The number of aryl methyl sites for hydroxylation is 1. The number of oxime groups is 1. The van der Waals surface area contributed by atoms with Crippen LogP contribution in [0.2, 0.25) is 0 Å². The molecular weight excluding hydrogens is 218 g/mol. The highest BCUT2D eigenvalue weighted by atomic mass is 16.4. The maximum absolute atomic E-state index is 8.57. The summed E-state index contributed by atoms with van der Waals surface area (Å²) in [6, 6.07) is 2.07. The van der Waals surface area contributed by atoms with E-state index in [0.717, 1.165) is 31.6 Å². The highest BCUT2D eigenvalue weighted by Crippen LogP contribution is 2.25. The minimum atomic E-state index is 0.270. The summed E-state index contributed by atoms with van der Waals surface area (Å²) in [6.07, 6.45) is 4.25. The van der Waals surface area contributed by atoms with Crippen LogP contribution in [0.3, 0.4) is 0 Å². The molecule has 17 heavy (non-hydrogen) atoms. The van der Waals surface area contributed by atoms with Gasteiger partial charge < -0.3 is 10.9 Å². The van der Waals surface area contributed by atoms with E-state index in [1.165, 1.54) is 0 Å². The lowest BCUT2D eigenvalue weighted by Crippen LogP contribution is -2.40. The van der Waals surface area contributed by atoms with Crippen LogP contribution in [0.5, 0.6) is 0 Å². The molecule has 0 amide bonds. The Bertz CT molecular complexity index is 400. The Kier molecular flexibility index (Phi) is 3.63. The topological polar surface area (TPSA) is 79.7 Å². The van der Waals surface area contributed by atoms with E-state index in [9.17, 15) is 0 Å². The molecule has 0 bridgehead atoms. The third kappa shape index (κ3) is 2.97. The van der Waals surface area contributed by atoms with Crippen molar-refractivity contribution in [3.63, 3.8) is 0 Å². The average Bonchev–Trinajstić information content (AvgIpc) is 2.76. The summed E-state index contributed by atoms with van der Waals surface area (Å²) in [5, 5.41) is 16.0. The molecule has 94 valence electrons. The minimum Gasteiger partial charge on any atom is -0.409 e. The Hall–Kier alpha value is -1.56. The summed E-state index contributed by atoms with van der Waals surface area (Å²) in [4.78, 5) is 2.21. The zero-order chi connectivity index (χ0) is 12.3. The summed E-state index contributed by atoms with van der Waals surface area (Å²) in [5.74, 6) is 0.725. The van der Waals surface area contributed by atoms with E-state index in [-0.39, 0.29) is 5.84 Å². The van der Waals surface area contributed by atoms with E-state index < -0.39 is 0 Å². The quantitative estimate of drug-likeness (QED) is 0.344. The normalized spacial score (nSPS) is 22.9. The first-order valence-corrected chi connectivity index (χ1v) is 5.87. The number of hydrogen-bond donors (Lipinski definition) is 2. The zero-order valence-electron chi connectivity index (χ0n) is 10.1. The van der Waals surface area contributed by atoms with Crippen LogP contribution in [0.15, 0.2) is 17.4 Å². The maximum atomic E-state index is 8.57. The number of likely N-dealkylation sites (tertiary alicyclic amines) is 1. The molecule has 1 aromatic rings. The molecule has 1 fully saturated rings. The number of nitrogens with zero attached hydrogens (tertiary/aromatic N) is 4. The van der Waals surface area contributed by atoms with Crippen molar-refractivity contribution in [1.82, 2.24) is 14.7 Å². The number of aromatic nitrogens is 2. The minimum absolute atomic E-state index is 0.270. The highest BCUT2D eigenvalue weighted by molar-refractivity contribution is 5.81. The number of hydrogen-bond acceptors (Lipinski definition) is 4. The molecule has 0 saturated carbocycles. The number of nitrogens with two attached hydrogens (primary N) is 1. The van der Waals surface area contributed by atoms with Gasteiger partial charge in [-0.2, -0.15) is 5.10 Å². The standard InChI is InChI=1S/C11H19N5O/c1-15-6-4-10(13-15)9-3-2-5-16(7-9)8-11(12)14-17/h4,6,9,17H,2-3,5,7-8H2,1H3,(H2,12,14). The molecule has 0 aromatic carbocycles. The second-order valence-corrected chi connectivity index (χ2v) is 4.58. The average molecular weight is 237 g/mol. The molecule has 1 atom stereocenters. The second kappa shape index (κ2) is 5.18. The third-order valence-corrected chi connectivity index (χ3v) is 3.17. The summed E-state index contributed by atoms with van der Waals surface area (Å²) in [7, 11) is 1.93. The number of amidine groups is 1. The third-order valence-electron chi connectivity index (χ3n) is 3.17. The Labute approximate surface area is 101 Å². The lowest BCUT2D eigenvalue weighted by molar-refractivity contribution is 0.227. The lowest BCUT2D eigenvalue weighted by atomic mass is 9.95. The van der Waals surface area contributed by atoms with Crippen molar-refractivity contribution in [2.45, 2.75) is 18.8 Å². The van der Waals surface area contributed by atoms with Gasteiger partial charge in [0.1, 0.15) is 0 Å². The van der Waals surface area contributed by atoms with Crippen LogP contribution >= 0.6 is 0 Å². The summed E-state index contributed by atoms with van der Waals surface area (Å²) in [5.41, 5.74) is 6.67. The fourth-order valence-electron chi connectivity index (χ4n) is 2.35. The predicted octanol–water partition coefficient (Wildman–Crippen LogP) is 0.346. The van der Waals surface area contributed by atoms with E-state index >= 15 is 0 Å². The molecule has 0 aliphatic carbocycles. The van der Waals surface area contributed by atoms with Crippen LogP contribution in [0.4, 0.5) is 0 Å². The number of piperidine rings is 1. The summed E-state index contributed by atoms with van der Waals surface area (Å²) >= 11 is 0. The first-order valence-electron chi connectivity index (χ1n) is 5.87. The van der Waals surface area contributed by atoms with Gasteiger partial charge in [-0.1, -0.05) is 5.16 Å². The second-order valence-electron chi connectivity index (χ2n) is 4.58. The molecule has 3 N–H and O–H groups in total. The molecule has 2 rings (SSSR count). The van der Waals surface area contributed by atoms with Crippen LogP contribution in [0.1, 0.15) is 24.5 Å². The first kappa shape index (κ1) is 11.9. The fourth-order valence-corrected chi connectivity index (χ4v) is 2.35.